The van der Waals surface area contributed by atoms with Gasteiger partial charge in [0, 0.05) is 43.8 Å². The lowest BCUT2D eigenvalue weighted by molar-refractivity contribution is 0.504. The van der Waals surface area contributed by atoms with Crippen LogP contribution in [-0.4, -0.2) is 47.8 Å². The molecule has 0 bridgehead atoms. The Morgan fingerprint density at radius 3 is 2.43 bits per heavy atom. The molecular weight excluding hydrogens is 489 g/mol. The third kappa shape index (κ3) is 3.65. The SMILES string of the molecule is Cc1ccc(S(=O)(=O)n2nc(N3CCN(c4ccncc4)CC34CC4)c3c(Cl)cc(F)cc32)cc1. The minimum atomic E-state index is -4.07. The fraction of sp³-hybridized carbons (Fsp3) is 0.280. The number of fused-ring (bicyclic) bond motifs is 1. The number of anilines is 2. The number of rotatable bonds is 4. The van der Waals surface area contributed by atoms with Crippen molar-refractivity contribution in [2.24, 2.45) is 0 Å². The van der Waals surface area contributed by atoms with Crippen LogP contribution in [0.2, 0.25) is 5.02 Å². The molecule has 1 aliphatic heterocycles. The number of piperazine rings is 1. The summed E-state index contributed by atoms with van der Waals surface area (Å²) in [5.41, 5.74) is 1.99. The Hall–Kier alpha value is -3.17. The Morgan fingerprint density at radius 2 is 1.74 bits per heavy atom. The minimum Gasteiger partial charge on any atom is -0.367 e. The predicted octanol–water partition coefficient (Wildman–Crippen LogP) is 4.63. The molecule has 35 heavy (non-hydrogen) atoms. The molecule has 2 aromatic heterocycles. The van der Waals surface area contributed by atoms with Crippen LogP contribution in [-0.2, 0) is 10.0 Å². The van der Waals surface area contributed by atoms with E-state index in [4.69, 9.17) is 11.6 Å². The van der Waals surface area contributed by atoms with Crippen LogP contribution in [0, 0.1) is 12.7 Å². The van der Waals surface area contributed by atoms with Crippen LogP contribution in [0.3, 0.4) is 0 Å². The molecule has 180 valence electrons. The first kappa shape index (κ1) is 22.3. The standard InChI is InChI=1S/C25H23ClFN5O2S/c1-17-2-4-20(5-3-17)35(33,34)32-22-15-18(27)14-21(26)23(22)24(29-32)31-13-12-30(16-25(31)8-9-25)19-6-10-28-11-7-19/h2-7,10-11,14-15H,8-9,12-13,16H2,1H3. The van der Waals surface area contributed by atoms with Crippen LogP contribution in [0.4, 0.5) is 15.9 Å². The van der Waals surface area contributed by atoms with Gasteiger partial charge in [-0.3, -0.25) is 4.98 Å². The second-order valence-corrected chi connectivity index (χ2v) is 11.4. The van der Waals surface area contributed by atoms with Crippen LogP contribution < -0.4 is 9.80 Å². The summed E-state index contributed by atoms with van der Waals surface area (Å²) in [6.07, 6.45) is 5.46. The Morgan fingerprint density at radius 1 is 1.03 bits per heavy atom. The Balaban J connectivity index is 1.47. The van der Waals surface area contributed by atoms with Gasteiger partial charge in [-0.15, -0.1) is 5.10 Å². The number of nitrogens with zero attached hydrogens (tertiary/aromatic N) is 5. The van der Waals surface area contributed by atoms with Crippen LogP contribution >= 0.6 is 11.6 Å². The summed E-state index contributed by atoms with van der Waals surface area (Å²) in [5, 5.41) is 5.19. The molecule has 0 radical (unpaired) electrons. The molecule has 1 saturated carbocycles. The van der Waals surface area contributed by atoms with Crippen molar-refractivity contribution in [3.8, 4) is 0 Å². The smallest absolute Gasteiger partial charge is 0.283 e. The summed E-state index contributed by atoms with van der Waals surface area (Å²) < 4.78 is 42.6. The molecule has 1 spiro atoms. The summed E-state index contributed by atoms with van der Waals surface area (Å²) in [7, 11) is -4.07. The van der Waals surface area contributed by atoms with E-state index in [0.29, 0.717) is 17.7 Å². The summed E-state index contributed by atoms with van der Waals surface area (Å²) in [5.74, 6) is -0.134. The van der Waals surface area contributed by atoms with E-state index in [1.54, 1.807) is 24.5 Å². The molecule has 0 amide bonds. The normalized spacial score (nSPS) is 17.3. The average molecular weight is 512 g/mol. The molecule has 2 aliphatic rings. The van der Waals surface area contributed by atoms with Crippen molar-refractivity contribution in [3.05, 3.63) is 77.3 Å². The number of aromatic nitrogens is 3. The van der Waals surface area contributed by atoms with E-state index in [9.17, 15) is 12.8 Å². The quantitative estimate of drug-likeness (QED) is 0.398. The van der Waals surface area contributed by atoms with E-state index >= 15 is 0 Å². The molecule has 6 rings (SSSR count). The highest BCUT2D eigenvalue weighted by Gasteiger charge is 2.53. The maximum Gasteiger partial charge on any atom is 0.283 e. The van der Waals surface area contributed by atoms with Crippen molar-refractivity contribution in [2.75, 3.05) is 29.4 Å². The second-order valence-electron chi connectivity index (χ2n) is 9.27. The van der Waals surface area contributed by atoms with Crippen LogP contribution in [0.15, 0.2) is 65.8 Å². The third-order valence-corrected chi connectivity index (χ3v) is 8.86. The van der Waals surface area contributed by atoms with Gasteiger partial charge in [-0.25, -0.2) is 4.39 Å². The first-order valence-corrected chi connectivity index (χ1v) is 13.2. The average Bonchev–Trinajstić information content (AvgIpc) is 3.48. The summed E-state index contributed by atoms with van der Waals surface area (Å²) in [6.45, 7) is 4.01. The summed E-state index contributed by atoms with van der Waals surface area (Å²) in [4.78, 5) is 8.67. The molecule has 3 heterocycles. The molecule has 2 fully saturated rings. The Labute approximate surface area is 207 Å². The Bertz CT molecular complexity index is 1540. The largest absolute Gasteiger partial charge is 0.367 e. The van der Waals surface area contributed by atoms with Crippen molar-refractivity contribution >= 4 is 44.0 Å². The number of hydrogen-bond acceptors (Lipinski definition) is 6. The second kappa shape index (κ2) is 7.93. The fourth-order valence-corrected chi connectivity index (χ4v) is 6.51. The highest BCUT2D eigenvalue weighted by molar-refractivity contribution is 7.90. The van der Waals surface area contributed by atoms with Crippen LogP contribution in [0.1, 0.15) is 18.4 Å². The highest BCUT2D eigenvalue weighted by atomic mass is 35.5. The lowest BCUT2D eigenvalue weighted by atomic mass is 10.1. The highest BCUT2D eigenvalue weighted by Crippen LogP contribution is 2.49. The molecule has 4 aromatic rings. The van der Waals surface area contributed by atoms with E-state index in [-0.39, 0.29) is 21.0 Å². The molecule has 7 nitrogen and oxygen atoms in total. The van der Waals surface area contributed by atoms with Gasteiger partial charge >= 0.3 is 0 Å². The van der Waals surface area contributed by atoms with E-state index in [2.05, 4.69) is 19.9 Å². The van der Waals surface area contributed by atoms with Gasteiger partial charge in [0.15, 0.2) is 5.82 Å². The zero-order chi connectivity index (χ0) is 24.4. The molecule has 0 atom stereocenters. The fourth-order valence-electron chi connectivity index (χ4n) is 4.96. The number of hydrogen-bond donors (Lipinski definition) is 0. The van der Waals surface area contributed by atoms with Gasteiger partial charge in [-0.2, -0.15) is 12.5 Å². The molecule has 0 unspecified atom stereocenters. The van der Waals surface area contributed by atoms with Gasteiger partial charge in [0.05, 0.1) is 26.4 Å². The Kier molecular flexibility index (Phi) is 5.05. The van der Waals surface area contributed by atoms with E-state index < -0.39 is 15.8 Å². The predicted molar refractivity (Wildman–Crippen MR) is 134 cm³/mol. The first-order chi connectivity index (χ1) is 16.8. The number of pyridine rings is 1. The molecule has 0 N–H and O–H groups in total. The van der Waals surface area contributed by atoms with Gasteiger partial charge in [0.25, 0.3) is 10.0 Å². The van der Waals surface area contributed by atoms with E-state index in [1.807, 2.05) is 19.1 Å². The van der Waals surface area contributed by atoms with Gasteiger partial charge in [-0.1, -0.05) is 29.3 Å². The molecule has 2 aromatic carbocycles. The first-order valence-electron chi connectivity index (χ1n) is 11.4. The lowest BCUT2D eigenvalue weighted by Crippen LogP contribution is -2.55. The molecular formula is C25H23ClFN5O2S. The van der Waals surface area contributed by atoms with Gasteiger partial charge < -0.3 is 9.80 Å². The van der Waals surface area contributed by atoms with Crippen molar-refractivity contribution in [3.63, 3.8) is 0 Å². The van der Waals surface area contributed by atoms with Gasteiger partial charge in [0.2, 0.25) is 0 Å². The topological polar surface area (TPSA) is 71.3 Å². The van der Waals surface area contributed by atoms with Gasteiger partial charge in [-0.05, 0) is 50.1 Å². The van der Waals surface area contributed by atoms with E-state index in [0.717, 1.165) is 41.3 Å². The molecule has 1 aliphatic carbocycles. The maximum absolute atomic E-state index is 14.4. The number of aryl methyl sites for hydroxylation is 1. The third-order valence-electron chi connectivity index (χ3n) is 6.96. The van der Waals surface area contributed by atoms with Crippen molar-refractivity contribution in [2.45, 2.75) is 30.2 Å². The summed E-state index contributed by atoms with van der Waals surface area (Å²) >= 11 is 6.52. The maximum atomic E-state index is 14.4. The lowest BCUT2D eigenvalue weighted by Gasteiger charge is -2.43. The number of benzene rings is 2. The zero-order valence-electron chi connectivity index (χ0n) is 19.0. The molecule has 10 heteroatoms. The van der Waals surface area contributed by atoms with Crippen molar-refractivity contribution in [1.82, 2.24) is 14.2 Å². The van der Waals surface area contributed by atoms with Crippen molar-refractivity contribution < 1.29 is 12.8 Å². The van der Waals surface area contributed by atoms with Crippen LogP contribution in [0.5, 0.6) is 0 Å². The van der Waals surface area contributed by atoms with Gasteiger partial charge in [0.1, 0.15) is 5.82 Å². The number of halogens is 2. The monoisotopic (exact) mass is 511 g/mol. The van der Waals surface area contributed by atoms with Crippen molar-refractivity contribution in [1.29, 1.82) is 0 Å². The minimum absolute atomic E-state index is 0.0862. The zero-order valence-corrected chi connectivity index (χ0v) is 20.6. The molecule has 1 saturated heterocycles. The summed E-state index contributed by atoms with van der Waals surface area (Å²) in [6, 6.07) is 12.9. The van der Waals surface area contributed by atoms with E-state index in [1.165, 1.54) is 24.3 Å². The van der Waals surface area contributed by atoms with Crippen LogP contribution in [0.25, 0.3) is 10.9 Å².